The van der Waals surface area contributed by atoms with Crippen LogP contribution in [0.25, 0.3) is 0 Å². The molecule has 25 heavy (non-hydrogen) atoms. The minimum absolute atomic E-state index is 0.311. The zero-order valence-corrected chi connectivity index (χ0v) is 15.0. The van der Waals surface area contributed by atoms with Gasteiger partial charge in [0.25, 0.3) is 5.91 Å². The summed E-state index contributed by atoms with van der Waals surface area (Å²) in [6, 6.07) is -0.570. The highest BCUT2D eigenvalue weighted by Crippen LogP contribution is 2.29. The van der Waals surface area contributed by atoms with E-state index in [1.807, 2.05) is 0 Å². The molecule has 2 saturated heterocycles. The lowest BCUT2D eigenvalue weighted by molar-refractivity contribution is -0.192. The Morgan fingerprint density at radius 2 is 1.80 bits per heavy atom. The average Bonchev–Trinajstić information content (AvgIpc) is 3.12. The predicted octanol–water partition coefficient (Wildman–Crippen LogP) is 2.38. The van der Waals surface area contributed by atoms with Crippen molar-refractivity contribution in [3.8, 4) is 0 Å². The summed E-state index contributed by atoms with van der Waals surface area (Å²) in [6.45, 7) is 1.14. The predicted molar refractivity (Wildman–Crippen MR) is 91.6 cm³/mol. The Hall–Kier alpha value is -1.14. The fourth-order valence-electron chi connectivity index (χ4n) is 4.32. The molecular weight excluding hydrogens is 322 g/mol. The SMILES string of the molecule is O=C(OC1CCCCO1)[C@@H]1CCCN1C(=O)[C@H](O)CC1CCCCC1. The number of carbonyl (C=O) groups is 2. The highest BCUT2D eigenvalue weighted by atomic mass is 16.7. The van der Waals surface area contributed by atoms with Crippen LogP contribution in [0.5, 0.6) is 0 Å². The standard InChI is InChI=1S/C19H31NO5/c21-16(13-14-7-2-1-3-8-14)18(22)20-11-6-9-15(20)19(23)25-17-10-4-5-12-24-17/h14-17,21H,1-13H2/t15-,16+,17?/m0/s1. The van der Waals surface area contributed by atoms with E-state index in [0.29, 0.717) is 31.9 Å². The van der Waals surface area contributed by atoms with E-state index in [2.05, 4.69) is 0 Å². The van der Waals surface area contributed by atoms with Gasteiger partial charge >= 0.3 is 5.97 Å². The van der Waals surface area contributed by atoms with E-state index in [0.717, 1.165) is 38.5 Å². The van der Waals surface area contributed by atoms with Crippen molar-refractivity contribution < 1.29 is 24.2 Å². The van der Waals surface area contributed by atoms with Crippen molar-refractivity contribution in [2.75, 3.05) is 13.2 Å². The summed E-state index contributed by atoms with van der Waals surface area (Å²) < 4.78 is 10.9. The molecule has 6 nitrogen and oxygen atoms in total. The lowest BCUT2D eigenvalue weighted by atomic mass is 9.85. The molecule has 3 aliphatic rings. The molecule has 1 N–H and O–H groups in total. The first-order chi connectivity index (χ1) is 12.1. The van der Waals surface area contributed by atoms with Gasteiger partial charge in [-0.05, 0) is 38.0 Å². The Bertz CT molecular complexity index is 457. The van der Waals surface area contributed by atoms with Gasteiger partial charge in [-0.3, -0.25) is 4.79 Å². The molecule has 1 aliphatic carbocycles. The molecule has 6 heteroatoms. The molecule has 0 bridgehead atoms. The second-order valence-corrected chi connectivity index (χ2v) is 7.68. The van der Waals surface area contributed by atoms with Gasteiger partial charge in [-0.1, -0.05) is 32.1 Å². The minimum atomic E-state index is -0.998. The van der Waals surface area contributed by atoms with Gasteiger partial charge in [-0.25, -0.2) is 4.79 Å². The third-order valence-electron chi connectivity index (χ3n) is 5.76. The highest BCUT2D eigenvalue weighted by Gasteiger charge is 2.39. The quantitative estimate of drug-likeness (QED) is 0.768. The molecule has 2 aliphatic heterocycles. The normalized spacial score (nSPS) is 29.4. The zero-order chi connectivity index (χ0) is 17.6. The van der Waals surface area contributed by atoms with Crippen LogP contribution in [-0.4, -0.2) is 53.5 Å². The van der Waals surface area contributed by atoms with Crippen LogP contribution in [0.4, 0.5) is 0 Å². The lowest BCUT2D eigenvalue weighted by Gasteiger charge is -2.30. The molecule has 1 unspecified atom stereocenters. The molecule has 1 amide bonds. The second kappa shape index (κ2) is 8.99. The van der Waals surface area contributed by atoms with E-state index in [-0.39, 0.29) is 11.9 Å². The summed E-state index contributed by atoms with van der Waals surface area (Å²) in [4.78, 5) is 26.7. The van der Waals surface area contributed by atoms with Crippen molar-refractivity contribution in [1.82, 2.24) is 4.90 Å². The number of carbonyl (C=O) groups excluding carboxylic acids is 2. The Morgan fingerprint density at radius 3 is 2.52 bits per heavy atom. The van der Waals surface area contributed by atoms with Crippen molar-refractivity contribution in [1.29, 1.82) is 0 Å². The maximum Gasteiger partial charge on any atom is 0.331 e. The Kier molecular flexibility index (Phi) is 6.70. The number of aliphatic hydroxyl groups is 1. The second-order valence-electron chi connectivity index (χ2n) is 7.68. The Morgan fingerprint density at radius 1 is 1.04 bits per heavy atom. The maximum atomic E-state index is 12.7. The number of esters is 1. The summed E-state index contributed by atoms with van der Waals surface area (Å²) >= 11 is 0. The van der Waals surface area contributed by atoms with E-state index < -0.39 is 18.4 Å². The maximum absolute atomic E-state index is 12.7. The van der Waals surface area contributed by atoms with Gasteiger partial charge in [0.2, 0.25) is 6.29 Å². The molecule has 3 rings (SSSR count). The van der Waals surface area contributed by atoms with Crippen LogP contribution in [0.2, 0.25) is 0 Å². The topological polar surface area (TPSA) is 76.1 Å². The van der Waals surface area contributed by atoms with Gasteiger partial charge in [-0.2, -0.15) is 0 Å². The van der Waals surface area contributed by atoms with Crippen molar-refractivity contribution in [2.24, 2.45) is 5.92 Å². The largest absolute Gasteiger partial charge is 0.434 e. The first-order valence-electron chi connectivity index (χ1n) is 9.96. The van der Waals surface area contributed by atoms with E-state index in [4.69, 9.17) is 9.47 Å². The average molecular weight is 353 g/mol. The summed E-state index contributed by atoms with van der Waals surface area (Å²) in [5.41, 5.74) is 0. The monoisotopic (exact) mass is 353 g/mol. The third-order valence-corrected chi connectivity index (χ3v) is 5.76. The number of nitrogens with zero attached hydrogens (tertiary/aromatic N) is 1. The van der Waals surface area contributed by atoms with Crippen LogP contribution in [0.1, 0.15) is 70.6 Å². The van der Waals surface area contributed by atoms with Crippen molar-refractivity contribution >= 4 is 11.9 Å². The van der Waals surface area contributed by atoms with Crippen LogP contribution >= 0.6 is 0 Å². The van der Waals surface area contributed by atoms with Crippen LogP contribution in [0.15, 0.2) is 0 Å². The van der Waals surface area contributed by atoms with Gasteiger partial charge in [0.05, 0.1) is 6.61 Å². The van der Waals surface area contributed by atoms with Gasteiger partial charge in [0.1, 0.15) is 12.1 Å². The number of aliphatic hydroxyl groups excluding tert-OH is 1. The summed E-state index contributed by atoms with van der Waals surface area (Å²) in [5, 5.41) is 10.4. The lowest BCUT2D eigenvalue weighted by Crippen LogP contribution is -2.47. The zero-order valence-electron chi connectivity index (χ0n) is 15.0. The third kappa shape index (κ3) is 4.94. The van der Waals surface area contributed by atoms with E-state index in [1.54, 1.807) is 0 Å². The van der Waals surface area contributed by atoms with Crippen molar-refractivity contribution in [3.05, 3.63) is 0 Å². The molecular formula is C19H31NO5. The molecule has 2 heterocycles. The first kappa shape index (κ1) is 18.6. The smallest absolute Gasteiger partial charge is 0.331 e. The molecule has 0 aromatic rings. The summed E-state index contributed by atoms with van der Waals surface area (Å²) in [6.07, 6.45) is 8.93. The first-order valence-corrected chi connectivity index (χ1v) is 9.96. The number of hydrogen-bond donors (Lipinski definition) is 1. The molecule has 3 atom stereocenters. The fourth-order valence-corrected chi connectivity index (χ4v) is 4.32. The number of likely N-dealkylation sites (tertiary alicyclic amines) is 1. The molecule has 3 fully saturated rings. The van der Waals surface area contributed by atoms with Crippen LogP contribution in [0, 0.1) is 5.92 Å². The number of hydrogen-bond acceptors (Lipinski definition) is 5. The van der Waals surface area contributed by atoms with E-state index in [1.165, 1.54) is 24.2 Å². The number of ether oxygens (including phenoxy) is 2. The summed E-state index contributed by atoms with van der Waals surface area (Å²) in [5.74, 6) is -0.270. The van der Waals surface area contributed by atoms with Gasteiger partial charge in [-0.15, -0.1) is 0 Å². The Labute approximate surface area is 149 Å². The number of rotatable bonds is 5. The minimum Gasteiger partial charge on any atom is -0.434 e. The van der Waals surface area contributed by atoms with Gasteiger partial charge < -0.3 is 19.5 Å². The highest BCUT2D eigenvalue weighted by molar-refractivity contribution is 5.87. The van der Waals surface area contributed by atoms with Crippen molar-refractivity contribution in [3.63, 3.8) is 0 Å². The van der Waals surface area contributed by atoms with Gasteiger partial charge in [0.15, 0.2) is 0 Å². The van der Waals surface area contributed by atoms with Crippen LogP contribution in [-0.2, 0) is 19.1 Å². The molecule has 0 aromatic carbocycles. The molecule has 0 radical (unpaired) electrons. The van der Waals surface area contributed by atoms with Crippen LogP contribution in [0.3, 0.4) is 0 Å². The number of amides is 1. The van der Waals surface area contributed by atoms with E-state index >= 15 is 0 Å². The summed E-state index contributed by atoms with van der Waals surface area (Å²) in [7, 11) is 0. The van der Waals surface area contributed by atoms with Gasteiger partial charge in [0, 0.05) is 13.0 Å². The fraction of sp³-hybridized carbons (Fsp3) is 0.895. The Balaban J connectivity index is 1.52. The molecule has 1 saturated carbocycles. The van der Waals surface area contributed by atoms with Crippen LogP contribution < -0.4 is 0 Å². The van der Waals surface area contributed by atoms with Crippen molar-refractivity contribution in [2.45, 2.75) is 89.1 Å². The molecule has 142 valence electrons. The van der Waals surface area contributed by atoms with E-state index in [9.17, 15) is 14.7 Å². The molecule has 0 aromatic heterocycles. The molecule has 0 spiro atoms.